The molecule has 0 radical (unpaired) electrons. The lowest BCUT2D eigenvalue weighted by molar-refractivity contribution is -0.274. The highest BCUT2D eigenvalue weighted by Gasteiger charge is 2.31. The number of nitrogens with one attached hydrogen (secondary N) is 1. The molecule has 1 N–H and O–H groups in total. The Morgan fingerprint density at radius 1 is 1.05 bits per heavy atom. The van der Waals surface area contributed by atoms with Crippen LogP contribution in [0.2, 0.25) is 0 Å². The van der Waals surface area contributed by atoms with Crippen molar-refractivity contribution >= 4 is 5.69 Å². The third-order valence-electron chi connectivity index (χ3n) is 3.00. The lowest BCUT2D eigenvalue weighted by atomic mass is 10.1. The quantitative estimate of drug-likeness (QED) is 0.873. The monoisotopic (exact) mass is 295 g/mol. The first-order valence-electron chi connectivity index (χ1n) is 6.49. The summed E-state index contributed by atoms with van der Waals surface area (Å²) in [6.45, 7) is 4.42. The summed E-state index contributed by atoms with van der Waals surface area (Å²) in [4.78, 5) is 0. The SMILES string of the molecule is Cc1ccc(NCc2cccc(OC(F)(F)F)c2)c(C)c1. The van der Waals surface area contributed by atoms with Gasteiger partial charge in [-0.05, 0) is 43.2 Å². The van der Waals surface area contributed by atoms with E-state index in [0.29, 0.717) is 6.54 Å². The van der Waals surface area contributed by atoms with Gasteiger partial charge in [-0.3, -0.25) is 0 Å². The van der Waals surface area contributed by atoms with Gasteiger partial charge in [-0.15, -0.1) is 13.2 Å². The fourth-order valence-corrected chi connectivity index (χ4v) is 2.06. The van der Waals surface area contributed by atoms with Crippen LogP contribution in [0.1, 0.15) is 16.7 Å². The van der Waals surface area contributed by atoms with Crippen LogP contribution in [-0.4, -0.2) is 6.36 Å². The molecule has 0 spiro atoms. The van der Waals surface area contributed by atoms with Gasteiger partial charge in [0.25, 0.3) is 0 Å². The summed E-state index contributed by atoms with van der Waals surface area (Å²) in [5.41, 5.74) is 3.94. The number of benzene rings is 2. The maximum absolute atomic E-state index is 12.2. The molecule has 0 bridgehead atoms. The number of halogens is 3. The molecule has 2 nitrogen and oxygen atoms in total. The molecule has 0 aromatic heterocycles. The molecule has 112 valence electrons. The predicted octanol–water partition coefficient (Wildman–Crippen LogP) is 4.81. The van der Waals surface area contributed by atoms with Crippen LogP contribution in [0.3, 0.4) is 0 Å². The van der Waals surface area contributed by atoms with Crippen molar-refractivity contribution in [3.05, 3.63) is 59.2 Å². The van der Waals surface area contributed by atoms with E-state index in [1.807, 2.05) is 32.0 Å². The van der Waals surface area contributed by atoms with Crippen LogP contribution in [0.15, 0.2) is 42.5 Å². The second-order valence-corrected chi connectivity index (χ2v) is 4.87. The highest BCUT2D eigenvalue weighted by Crippen LogP contribution is 2.24. The summed E-state index contributed by atoms with van der Waals surface area (Å²) >= 11 is 0. The Morgan fingerprint density at radius 3 is 2.48 bits per heavy atom. The van der Waals surface area contributed by atoms with E-state index in [-0.39, 0.29) is 5.75 Å². The minimum atomic E-state index is -4.67. The van der Waals surface area contributed by atoms with Crippen LogP contribution in [0, 0.1) is 13.8 Å². The summed E-state index contributed by atoms with van der Waals surface area (Å²) in [6, 6.07) is 11.9. The predicted molar refractivity (Wildman–Crippen MR) is 76.4 cm³/mol. The number of rotatable bonds is 4. The van der Waals surface area contributed by atoms with Crippen molar-refractivity contribution in [2.24, 2.45) is 0 Å². The molecule has 0 aliphatic rings. The Morgan fingerprint density at radius 2 is 1.81 bits per heavy atom. The van der Waals surface area contributed by atoms with Crippen LogP contribution in [-0.2, 0) is 6.54 Å². The summed E-state index contributed by atoms with van der Waals surface area (Å²) < 4.78 is 40.4. The zero-order valence-electron chi connectivity index (χ0n) is 11.8. The fourth-order valence-electron chi connectivity index (χ4n) is 2.06. The lowest BCUT2D eigenvalue weighted by Crippen LogP contribution is -2.17. The highest BCUT2D eigenvalue weighted by molar-refractivity contribution is 5.52. The van der Waals surface area contributed by atoms with Gasteiger partial charge in [0.05, 0.1) is 0 Å². The first-order valence-corrected chi connectivity index (χ1v) is 6.49. The Labute approximate surface area is 121 Å². The second-order valence-electron chi connectivity index (χ2n) is 4.87. The van der Waals surface area contributed by atoms with Gasteiger partial charge in [0.15, 0.2) is 0 Å². The van der Waals surface area contributed by atoms with Crippen molar-refractivity contribution in [3.63, 3.8) is 0 Å². The lowest BCUT2D eigenvalue weighted by Gasteiger charge is -2.12. The van der Waals surface area contributed by atoms with E-state index in [2.05, 4.69) is 10.1 Å². The van der Waals surface area contributed by atoms with Gasteiger partial charge in [0, 0.05) is 12.2 Å². The van der Waals surface area contributed by atoms with Crippen LogP contribution in [0.25, 0.3) is 0 Å². The van der Waals surface area contributed by atoms with Crippen molar-refractivity contribution in [1.82, 2.24) is 0 Å². The standard InChI is InChI=1S/C16H16F3NO/c1-11-6-7-15(12(2)8-11)20-10-13-4-3-5-14(9-13)21-16(17,18)19/h3-9,20H,10H2,1-2H3. The van der Waals surface area contributed by atoms with Crippen molar-refractivity contribution in [3.8, 4) is 5.75 Å². The van der Waals surface area contributed by atoms with Gasteiger partial charge < -0.3 is 10.1 Å². The van der Waals surface area contributed by atoms with Crippen molar-refractivity contribution in [2.45, 2.75) is 26.8 Å². The van der Waals surface area contributed by atoms with Gasteiger partial charge in [-0.2, -0.15) is 0 Å². The molecule has 0 saturated carbocycles. The molecule has 5 heteroatoms. The van der Waals surface area contributed by atoms with Crippen LogP contribution in [0.5, 0.6) is 5.75 Å². The summed E-state index contributed by atoms with van der Waals surface area (Å²) in [5.74, 6) is -0.206. The zero-order valence-corrected chi connectivity index (χ0v) is 11.8. The van der Waals surface area contributed by atoms with Crippen molar-refractivity contribution in [2.75, 3.05) is 5.32 Å². The van der Waals surface area contributed by atoms with E-state index >= 15 is 0 Å². The van der Waals surface area contributed by atoms with Gasteiger partial charge in [0.2, 0.25) is 0 Å². The average Bonchev–Trinajstić information content (AvgIpc) is 2.36. The van der Waals surface area contributed by atoms with Gasteiger partial charge in [0.1, 0.15) is 5.75 Å². The Bertz CT molecular complexity index is 623. The fraction of sp³-hybridized carbons (Fsp3) is 0.250. The van der Waals surface area contributed by atoms with Crippen molar-refractivity contribution < 1.29 is 17.9 Å². The van der Waals surface area contributed by atoms with Gasteiger partial charge >= 0.3 is 6.36 Å². The number of hydrogen-bond acceptors (Lipinski definition) is 2. The summed E-state index contributed by atoms with van der Waals surface area (Å²) in [6.07, 6.45) is -4.67. The van der Waals surface area contributed by atoms with E-state index in [9.17, 15) is 13.2 Å². The van der Waals surface area contributed by atoms with Gasteiger partial charge in [-0.25, -0.2) is 0 Å². The Kier molecular flexibility index (Phi) is 4.40. The maximum Gasteiger partial charge on any atom is 0.573 e. The number of alkyl halides is 3. The van der Waals surface area contributed by atoms with Crippen LogP contribution >= 0.6 is 0 Å². The van der Waals surface area contributed by atoms with E-state index in [1.165, 1.54) is 17.7 Å². The number of hydrogen-bond donors (Lipinski definition) is 1. The molecule has 2 rings (SSSR count). The molecule has 0 aliphatic carbocycles. The molecule has 0 heterocycles. The molecule has 2 aromatic carbocycles. The molecule has 2 aromatic rings. The summed E-state index contributed by atoms with van der Waals surface area (Å²) in [7, 11) is 0. The van der Waals surface area contributed by atoms with E-state index < -0.39 is 6.36 Å². The maximum atomic E-state index is 12.2. The van der Waals surface area contributed by atoms with Gasteiger partial charge in [-0.1, -0.05) is 29.8 Å². The minimum absolute atomic E-state index is 0.206. The topological polar surface area (TPSA) is 21.3 Å². The van der Waals surface area contributed by atoms with E-state index in [1.54, 1.807) is 12.1 Å². The van der Waals surface area contributed by atoms with E-state index in [4.69, 9.17) is 0 Å². The molecule has 0 saturated heterocycles. The normalized spacial score (nSPS) is 11.3. The largest absolute Gasteiger partial charge is 0.573 e. The zero-order chi connectivity index (χ0) is 15.5. The molecule has 0 amide bonds. The average molecular weight is 295 g/mol. The molecule has 0 unspecified atom stereocenters. The first-order chi connectivity index (χ1) is 9.83. The molecule has 0 atom stereocenters. The summed E-state index contributed by atoms with van der Waals surface area (Å²) in [5, 5.41) is 3.21. The third-order valence-corrected chi connectivity index (χ3v) is 3.00. The Hall–Kier alpha value is -2.17. The molecule has 0 aliphatic heterocycles. The molecular weight excluding hydrogens is 279 g/mol. The Balaban J connectivity index is 2.05. The van der Waals surface area contributed by atoms with E-state index in [0.717, 1.165) is 16.8 Å². The minimum Gasteiger partial charge on any atom is -0.406 e. The molecule has 0 fully saturated rings. The van der Waals surface area contributed by atoms with Crippen molar-refractivity contribution in [1.29, 1.82) is 0 Å². The third kappa shape index (κ3) is 4.70. The molecule has 21 heavy (non-hydrogen) atoms. The second kappa shape index (κ2) is 6.08. The number of anilines is 1. The smallest absolute Gasteiger partial charge is 0.406 e. The molecular formula is C16H16F3NO. The number of ether oxygens (including phenoxy) is 1. The van der Waals surface area contributed by atoms with Crippen LogP contribution in [0.4, 0.5) is 18.9 Å². The highest BCUT2D eigenvalue weighted by atomic mass is 19.4. The number of aryl methyl sites for hydroxylation is 2. The first kappa shape index (κ1) is 15.2. The van der Waals surface area contributed by atoms with Crippen LogP contribution < -0.4 is 10.1 Å².